The molecule has 0 amide bonds. The second-order valence-electron chi connectivity index (χ2n) is 3.45. The predicted octanol–water partition coefficient (Wildman–Crippen LogP) is 3.92. The number of hydrogen-bond acceptors (Lipinski definition) is 1. The van der Waals surface area contributed by atoms with E-state index in [2.05, 4.69) is 4.85 Å². The van der Waals surface area contributed by atoms with Crippen LogP contribution in [0, 0.1) is 23.7 Å². The van der Waals surface area contributed by atoms with Crippen LogP contribution in [0.4, 0.5) is 10.1 Å². The maximum Gasteiger partial charge on any atom is 0.224 e. The third-order valence-corrected chi connectivity index (χ3v) is 2.40. The van der Waals surface area contributed by atoms with Gasteiger partial charge >= 0.3 is 0 Å². The minimum absolute atomic E-state index is 0.0997. The van der Waals surface area contributed by atoms with E-state index in [0.717, 1.165) is 5.56 Å². The Morgan fingerprint density at radius 1 is 1.12 bits per heavy atom. The van der Waals surface area contributed by atoms with Crippen molar-refractivity contribution in [2.45, 2.75) is 0 Å². The van der Waals surface area contributed by atoms with Gasteiger partial charge in [-0.1, -0.05) is 30.3 Å². The number of hydrogen-bond donors (Lipinski definition) is 0. The molecule has 0 bridgehead atoms. The summed E-state index contributed by atoms with van der Waals surface area (Å²) in [4.78, 5) is 3.09. The zero-order chi connectivity index (χ0) is 12.3. The molecule has 0 aliphatic heterocycles. The van der Waals surface area contributed by atoms with Crippen LogP contribution in [0.1, 0.15) is 5.56 Å². The van der Waals surface area contributed by atoms with E-state index in [1.165, 1.54) is 12.1 Å². The second-order valence-corrected chi connectivity index (χ2v) is 3.45. The summed E-state index contributed by atoms with van der Waals surface area (Å²) in [5.41, 5.74) is 1.31. The lowest BCUT2D eigenvalue weighted by Crippen LogP contribution is -1.86. The van der Waals surface area contributed by atoms with E-state index in [4.69, 9.17) is 11.8 Å². The standard InChI is InChI=1S/C14H7FN2/c1-17-13-8-11(7-12(9-16)14(13)15)10-5-3-2-4-6-10/h2-8H. The highest BCUT2D eigenvalue weighted by molar-refractivity contribution is 5.71. The maximum atomic E-state index is 13.5. The van der Waals surface area contributed by atoms with Gasteiger partial charge in [0.15, 0.2) is 0 Å². The van der Waals surface area contributed by atoms with Crippen molar-refractivity contribution in [2.75, 3.05) is 0 Å². The summed E-state index contributed by atoms with van der Waals surface area (Å²) in [6.45, 7) is 6.89. The van der Waals surface area contributed by atoms with Crippen LogP contribution in [0.2, 0.25) is 0 Å². The van der Waals surface area contributed by atoms with Crippen molar-refractivity contribution in [1.82, 2.24) is 0 Å². The molecule has 2 rings (SSSR count). The summed E-state index contributed by atoms with van der Waals surface area (Å²) in [6.07, 6.45) is 0. The molecule has 0 fully saturated rings. The molecule has 0 heterocycles. The summed E-state index contributed by atoms with van der Waals surface area (Å²) in [5, 5.41) is 8.82. The van der Waals surface area contributed by atoms with E-state index >= 15 is 0 Å². The van der Waals surface area contributed by atoms with Gasteiger partial charge in [0, 0.05) is 0 Å². The zero-order valence-electron chi connectivity index (χ0n) is 8.81. The van der Waals surface area contributed by atoms with Crippen LogP contribution in [0.15, 0.2) is 42.5 Å². The average Bonchev–Trinajstić information content (AvgIpc) is 2.40. The number of rotatable bonds is 1. The van der Waals surface area contributed by atoms with Crippen LogP contribution < -0.4 is 0 Å². The molecule has 0 aliphatic rings. The first-order chi connectivity index (χ1) is 8.26. The Labute approximate surface area is 98.4 Å². The molecule has 2 aromatic carbocycles. The minimum atomic E-state index is -0.748. The number of benzene rings is 2. The van der Waals surface area contributed by atoms with E-state index in [9.17, 15) is 4.39 Å². The van der Waals surface area contributed by atoms with Crippen LogP contribution in [0.25, 0.3) is 16.0 Å². The summed E-state index contributed by atoms with van der Waals surface area (Å²) in [6, 6.07) is 13.9. The molecule has 0 saturated heterocycles. The molecule has 0 aromatic heterocycles. The van der Waals surface area contributed by atoms with Crippen molar-refractivity contribution >= 4 is 5.69 Å². The Bertz CT molecular complexity index is 599. The molecular formula is C14H7FN2. The monoisotopic (exact) mass is 222 g/mol. The molecule has 80 valence electrons. The number of nitriles is 1. The quantitative estimate of drug-likeness (QED) is 0.672. The van der Waals surface area contributed by atoms with Gasteiger partial charge < -0.3 is 0 Å². The van der Waals surface area contributed by atoms with Gasteiger partial charge in [-0.05, 0) is 23.3 Å². The molecule has 3 heteroatoms. The van der Waals surface area contributed by atoms with E-state index < -0.39 is 5.82 Å². The molecule has 2 aromatic rings. The van der Waals surface area contributed by atoms with Crippen LogP contribution in [0.5, 0.6) is 0 Å². The molecular weight excluding hydrogens is 215 g/mol. The van der Waals surface area contributed by atoms with Gasteiger partial charge in [-0.15, -0.1) is 0 Å². The van der Waals surface area contributed by atoms with Crippen molar-refractivity contribution in [3.8, 4) is 17.2 Å². The molecule has 0 unspecified atom stereocenters. The fraction of sp³-hybridized carbons (Fsp3) is 0. The third kappa shape index (κ3) is 2.00. The molecule has 17 heavy (non-hydrogen) atoms. The van der Waals surface area contributed by atoms with Crippen LogP contribution in [-0.4, -0.2) is 0 Å². The highest BCUT2D eigenvalue weighted by Crippen LogP contribution is 2.29. The minimum Gasteiger partial charge on any atom is -0.235 e. The number of halogens is 1. The highest BCUT2D eigenvalue weighted by atomic mass is 19.1. The Kier molecular flexibility index (Phi) is 2.85. The first kappa shape index (κ1) is 10.9. The maximum absolute atomic E-state index is 13.5. The lowest BCUT2D eigenvalue weighted by molar-refractivity contribution is 0.630. The lowest BCUT2D eigenvalue weighted by Gasteiger charge is -2.04. The summed E-state index contributed by atoms with van der Waals surface area (Å²) in [5.74, 6) is -0.748. The molecule has 0 atom stereocenters. The van der Waals surface area contributed by atoms with E-state index in [1.54, 1.807) is 6.07 Å². The highest BCUT2D eigenvalue weighted by Gasteiger charge is 2.11. The Morgan fingerprint density at radius 3 is 2.41 bits per heavy atom. The van der Waals surface area contributed by atoms with Crippen LogP contribution in [-0.2, 0) is 0 Å². The van der Waals surface area contributed by atoms with Crippen molar-refractivity contribution in [2.24, 2.45) is 0 Å². The predicted molar refractivity (Wildman–Crippen MR) is 62.8 cm³/mol. The fourth-order valence-corrected chi connectivity index (χ4v) is 1.57. The summed E-state index contributed by atoms with van der Waals surface area (Å²) in [7, 11) is 0. The zero-order valence-corrected chi connectivity index (χ0v) is 8.81. The Balaban J connectivity index is 2.67. The third-order valence-electron chi connectivity index (χ3n) is 2.40. The van der Waals surface area contributed by atoms with Gasteiger partial charge in [-0.3, -0.25) is 0 Å². The summed E-state index contributed by atoms with van der Waals surface area (Å²) >= 11 is 0. The van der Waals surface area contributed by atoms with Gasteiger partial charge in [0.05, 0.1) is 12.1 Å². The van der Waals surface area contributed by atoms with E-state index in [0.29, 0.717) is 5.56 Å². The molecule has 0 aliphatic carbocycles. The van der Waals surface area contributed by atoms with Crippen molar-refractivity contribution in [1.29, 1.82) is 5.26 Å². The van der Waals surface area contributed by atoms with Crippen molar-refractivity contribution in [3.63, 3.8) is 0 Å². The SMILES string of the molecule is [C-]#[N+]c1cc(-c2ccccc2)cc(C#N)c1F. The largest absolute Gasteiger partial charge is 0.235 e. The Hall–Kier alpha value is -2.65. The van der Waals surface area contributed by atoms with Crippen molar-refractivity contribution in [3.05, 3.63) is 65.3 Å². The number of nitrogens with zero attached hydrogens (tertiary/aromatic N) is 2. The normalized spacial score (nSPS) is 9.35. The molecule has 0 radical (unpaired) electrons. The van der Waals surface area contributed by atoms with E-state index in [1.807, 2.05) is 30.3 Å². The van der Waals surface area contributed by atoms with Gasteiger partial charge in [0.1, 0.15) is 11.9 Å². The van der Waals surface area contributed by atoms with Crippen LogP contribution >= 0.6 is 0 Å². The lowest BCUT2D eigenvalue weighted by atomic mass is 10.0. The molecule has 0 N–H and O–H groups in total. The summed E-state index contributed by atoms with van der Waals surface area (Å²) < 4.78 is 13.5. The van der Waals surface area contributed by atoms with Crippen molar-refractivity contribution < 1.29 is 4.39 Å². The second kappa shape index (κ2) is 4.47. The van der Waals surface area contributed by atoms with Gasteiger partial charge in [-0.25, -0.2) is 9.24 Å². The fourth-order valence-electron chi connectivity index (χ4n) is 1.57. The van der Waals surface area contributed by atoms with Gasteiger partial charge in [0.2, 0.25) is 5.69 Å². The smallest absolute Gasteiger partial charge is 0.224 e. The molecule has 0 spiro atoms. The topological polar surface area (TPSA) is 28.1 Å². The van der Waals surface area contributed by atoms with Gasteiger partial charge in [-0.2, -0.15) is 5.26 Å². The first-order valence-corrected chi connectivity index (χ1v) is 4.93. The first-order valence-electron chi connectivity index (χ1n) is 4.93. The van der Waals surface area contributed by atoms with Crippen LogP contribution in [0.3, 0.4) is 0 Å². The Morgan fingerprint density at radius 2 is 1.82 bits per heavy atom. The molecule has 0 saturated carbocycles. The molecule has 2 nitrogen and oxygen atoms in total. The van der Waals surface area contributed by atoms with Gasteiger partial charge in [0.25, 0.3) is 0 Å². The van der Waals surface area contributed by atoms with E-state index in [-0.39, 0.29) is 11.3 Å². The average molecular weight is 222 g/mol.